The molecule has 214 valence electrons. The van der Waals surface area contributed by atoms with Gasteiger partial charge >= 0.3 is 0 Å². The normalized spacial score (nSPS) is 11.4. The first-order valence-electron chi connectivity index (χ1n) is 13.6. The van der Waals surface area contributed by atoms with Crippen molar-refractivity contribution in [3.05, 3.63) is 119 Å². The number of para-hydroxylation sites is 1. The lowest BCUT2D eigenvalue weighted by Gasteiger charge is -2.15. The topological polar surface area (TPSA) is 111 Å². The Kier molecular flexibility index (Phi) is 9.20. The molecule has 3 amide bonds. The number of carbonyl (C=O) groups is 3. The summed E-state index contributed by atoms with van der Waals surface area (Å²) >= 11 is 2.45. The Morgan fingerprint density at radius 3 is 2.26 bits per heavy atom. The van der Waals surface area contributed by atoms with Crippen LogP contribution in [0.5, 0.6) is 0 Å². The third kappa shape index (κ3) is 6.95. The van der Waals surface area contributed by atoms with Crippen LogP contribution < -0.4 is 16.0 Å². The molecule has 5 aromatic rings. The van der Waals surface area contributed by atoms with Crippen molar-refractivity contribution < 1.29 is 14.4 Å². The number of benzene rings is 4. The molecule has 3 N–H and O–H groups in total. The maximum atomic E-state index is 13.3. The molecule has 0 aliphatic heterocycles. The average Bonchev–Trinajstić information content (AvgIpc) is 3.34. The number of fused-ring (bicyclic) bond motifs is 1. The minimum Gasteiger partial charge on any atom is -0.322 e. The number of rotatable bonds is 9. The van der Waals surface area contributed by atoms with Crippen LogP contribution in [0.25, 0.3) is 10.8 Å². The Balaban J connectivity index is 1.27. The first-order chi connectivity index (χ1) is 20.9. The molecule has 0 fully saturated rings. The zero-order valence-corrected chi connectivity index (χ0v) is 25.1. The Hall–Kier alpha value is -4.91. The summed E-state index contributed by atoms with van der Waals surface area (Å²) in [7, 11) is 0. The highest BCUT2D eigenvalue weighted by molar-refractivity contribution is 8.00. The molecule has 0 aliphatic rings. The summed E-state index contributed by atoms with van der Waals surface area (Å²) in [6, 6.07) is 32.0. The van der Waals surface area contributed by atoms with E-state index in [-0.39, 0.29) is 23.3 Å². The SMILES string of the molecule is CCC(Sc1cccc(NC(=O)c2ccc3ccccc3c2)c1)C(=O)Nc1sc(C(=O)Nc2ccccc2)c(C)c1C#N. The minimum absolute atomic E-state index is 0.220. The van der Waals surface area contributed by atoms with Gasteiger partial charge in [-0.05, 0) is 72.1 Å². The predicted octanol–water partition coefficient (Wildman–Crippen LogP) is 8.10. The molecule has 0 saturated carbocycles. The van der Waals surface area contributed by atoms with Crippen molar-refractivity contribution >= 4 is 68.0 Å². The highest BCUT2D eigenvalue weighted by Gasteiger charge is 2.25. The largest absolute Gasteiger partial charge is 0.322 e. The van der Waals surface area contributed by atoms with E-state index in [1.54, 1.807) is 31.2 Å². The summed E-state index contributed by atoms with van der Waals surface area (Å²) in [5.74, 6) is -0.831. The molecule has 0 aliphatic carbocycles. The van der Waals surface area contributed by atoms with Crippen molar-refractivity contribution in [2.75, 3.05) is 16.0 Å². The number of thioether (sulfide) groups is 1. The quantitative estimate of drug-likeness (QED) is 0.147. The van der Waals surface area contributed by atoms with Crippen LogP contribution in [-0.4, -0.2) is 23.0 Å². The summed E-state index contributed by atoms with van der Waals surface area (Å²) in [6.45, 7) is 3.61. The Labute approximate surface area is 257 Å². The molecule has 1 unspecified atom stereocenters. The number of carbonyl (C=O) groups excluding carboxylic acids is 3. The molecule has 7 nitrogen and oxygen atoms in total. The predicted molar refractivity (Wildman–Crippen MR) is 175 cm³/mol. The first kappa shape index (κ1) is 29.6. The summed E-state index contributed by atoms with van der Waals surface area (Å²) in [5, 5.41) is 20.4. The highest BCUT2D eigenvalue weighted by atomic mass is 32.2. The van der Waals surface area contributed by atoms with Crippen LogP contribution in [0.4, 0.5) is 16.4 Å². The van der Waals surface area contributed by atoms with Crippen molar-refractivity contribution in [1.82, 2.24) is 0 Å². The zero-order chi connectivity index (χ0) is 30.3. The van der Waals surface area contributed by atoms with Gasteiger partial charge < -0.3 is 16.0 Å². The molecule has 43 heavy (non-hydrogen) atoms. The van der Waals surface area contributed by atoms with Gasteiger partial charge in [-0.1, -0.05) is 61.5 Å². The van der Waals surface area contributed by atoms with E-state index in [4.69, 9.17) is 0 Å². The second kappa shape index (κ2) is 13.4. The van der Waals surface area contributed by atoms with E-state index < -0.39 is 5.25 Å². The van der Waals surface area contributed by atoms with Crippen molar-refractivity contribution in [3.63, 3.8) is 0 Å². The Morgan fingerprint density at radius 1 is 0.814 bits per heavy atom. The molecule has 0 bridgehead atoms. The first-order valence-corrected chi connectivity index (χ1v) is 15.3. The maximum absolute atomic E-state index is 13.3. The van der Waals surface area contributed by atoms with E-state index in [9.17, 15) is 19.6 Å². The molecule has 0 radical (unpaired) electrons. The van der Waals surface area contributed by atoms with Crippen LogP contribution in [0.3, 0.4) is 0 Å². The standard InChI is InChI=1S/C34H28N4O3S2/c1-3-29(32(40)38-34-28(20-35)21(2)30(43-34)33(41)36-25-12-5-4-6-13-25)42-27-15-9-14-26(19-27)37-31(39)24-17-16-22-10-7-8-11-23(22)18-24/h4-19,29H,3H2,1-2H3,(H,36,41)(H,37,39)(H,38,40). The monoisotopic (exact) mass is 604 g/mol. The Bertz CT molecular complexity index is 1860. The van der Waals surface area contributed by atoms with Gasteiger partial charge in [-0.15, -0.1) is 23.1 Å². The number of anilines is 3. The van der Waals surface area contributed by atoms with Crippen LogP contribution in [-0.2, 0) is 4.79 Å². The summed E-state index contributed by atoms with van der Waals surface area (Å²) in [6.07, 6.45) is 0.526. The molecular weight excluding hydrogens is 577 g/mol. The minimum atomic E-state index is -0.470. The van der Waals surface area contributed by atoms with E-state index in [0.717, 1.165) is 27.0 Å². The summed E-state index contributed by atoms with van der Waals surface area (Å²) in [5.41, 5.74) is 2.61. The van der Waals surface area contributed by atoms with E-state index >= 15 is 0 Å². The van der Waals surface area contributed by atoms with Crippen LogP contribution in [0.2, 0.25) is 0 Å². The fourth-order valence-electron chi connectivity index (χ4n) is 4.52. The van der Waals surface area contributed by atoms with Gasteiger partial charge in [0, 0.05) is 21.8 Å². The van der Waals surface area contributed by atoms with Gasteiger partial charge in [-0.2, -0.15) is 5.26 Å². The second-order valence-corrected chi connectivity index (χ2v) is 12.0. The lowest BCUT2D eigenvalue weighted by Crippen LogP contribution is -2.24. The third-order valence-electron chi connectivity index (χ3n) is 6.78. The third-order valence-corrected chi connectivity index (χ3v) is 9.34. The number of nitrogens with zero attached hydrogens (tertiary/aromatic N) is 1. The molecule has 1 atom stereocenters. The molecule has 1 heterocycles. The van der Waals surface area contributed by atoms with E-state index in [2.05, 4.69) is 22.0 Å². The van der Waals surface area contributed by atoms with Crippen molar-refractivity contribution in [2.45, 2.75) is 30.4 Å². The zero-order valence-electron chi connectivity index (χ0n) is 23.5. The number of thiophene rings is 1. The maximum Gasteiger partial charge on any atom is 0.266 e. The van der Waals surface area contributed by atoms with Crippen molar-refractivity contribution in [3.8, 4) is 6.07 Å². The molecular formula is C34H28N4O3S2. The van der Waals surface area contributed by atoms with Crippen LogP contribution >= 0.6 is 23.1 Å². The molecule has 5 rings (SSSR count). The van der Waals surface area contributed by atoms with Crippen molar-refractivity contribution in [1.29, 1.82) is 5.26 Å². The van der Waals surface area contributed by atoms with Crippen molar-refractivity contribution in [2.24, 2.45) is 0 Å². The fraction of sp³-hybridized carbons (Fsp3) is 0.118. The molecule has 0 spiro atoms. The lowest BCUT2D eigenvalue weighted by atomic mass is 10.1. The fourth-order valence-corrected chi connectivity index (χ4v) is 6.59. The number of nitriles is 1. The summed E-state index contributed by atoms with van der Waals surface area (Å²) in [4.78, 5) is 40.4. The highest BCUT2D eigenvalue weighted by Crippen LogP contribution is 2.35. The molecule has 1 aromatic heterocycles. The number of nitrogens with one attached hydrogen (secondary N) is 3. The summed E-state index contributed by atoms with van der Waals surface area (Å²) < 4.78 is 0. The van der Waals surface area contributed by atoms with E-state index in [0.29, 0.717) is 38.8 Å². The van der Waals surface area contributed by atoms with Gasteiger partial charge in [0.1, 0.15) is 11.1 Å². The number of hydrogen-bond acceptors (Lipinski definition) is 6. The van der Waals surface area contributed by atoms with Gasteiger partial charge in [0.2, 0.25) is 5.91 Å². The van der Waals surface area contributed by atoms with Crippen LogP contribution in [0.1, 0.15) is 44.5 Å². The number of hydrogen-bond donors (Lipinski definition) is 3. The van der Waals surface area contributed by atoms with Gasteiger partial charge in [0.15, 0.2) is 0 Å². The van der Waals surface area contributed by atoms with E-state index in [1.807, 2.05) is 79.7 Å². The van der Waals surface area contributed by atoms with Gasteiger partial charge in [0.05, 0.1) is 15.7 Å². The van der Waals surface area contributed by atoms with Gasteiger partial charge in [-0.3, -0.25) is 14.4 Å². The van der Waals surface area contributed by atoms with Gasteiger partial charge in [0.25, 0.3) is 11.8 Å². The molecule has 4 aromatic carbocycles. The molecule has 0 saturated heterocycles. The smallest absolute Gasteiger partial charge is 0.266 e. The van der Waals surface area contributed by atoms with E-state index in [1.165, 1.54) is 11.8 Å². The molecule has 9 heteroatoms. The Morgan fingerprint density at radius 2 is 1.51 bits per heavy atom. The van der Waals surface area contributed by atoms with Crippen LogP contribution in [0.15, 0.2) is 102 Å². The number of amides is 3. The second-order valence-electron chi connectivity index (χ2n) is 9.74. The average molecular weight is 605 g/mol. The van der Waals surface area contributed by atoms with Gasteiger partial charge in [-0.25, -0.2) is 0 Å². The van der Waals surface area contributed by atoms with Crippen LogP contribution in [0, 0.1) is 18.3 Å². The lowest BCUT2D eigenvalue weighted by molar-refractivity contribution is -0.115.